The highest BCUT2D eigenvalue weighted by Crippen LogP contribution is 1.80. The molecule has 4 nitrogen and oxygen atoms in total. The lowest BCUT2D eigenvalue weighted by molar-refractivity contribution is -0.114. The van der Waals surface area contributed by atoms with Crippen LogP contribution in [0.4, 0.5) is 4.79 Å². The Hall–Kier alpha value is -0.770. The van der Waals surface area contributed by atoms with E-state index in [9.17, 15) is 9.59 Å². The highest BCUT2D eigenvalue weighted by molar-refractivity contribution is 6.63. The summed E-state index contributed by atoms with van der Waals surface area (Å²) in [4.78, 5) is 19.5. The molecule has 0 aliphatic rings. The Kier molecular flexibility index (Phi) is 2.95. The first-order valence-electron chi connectivity index (χ1n) is 1.73. The van der Waals surface area contributed by atoms with E-state index in [1.54, 1.807) is 0 Å². The molecule has 5 heteroatoms. The van der Waals surface area contributed by atoms with Crippen molar-refractivity contribution in [3.05, 3.63) is 0 Å². The summed E-state index contributed by atoms with van der Waals surface area (Å²) in [6.45, 7) is -0.461. The molecule has 0 bridgehead atoms. The Morgan fingerprint density at radius 3 is 2.25 bits per heavy atom. The molecule has 8 heavy (non-hydrogen) atoms. The molecule has 46 valence electrons. The fourth-order valence-corrected chi connectivity index (χ4v) is 0.182. The van der Waals surface area contributed by atoms with Crippen LogP contribution in [0.25, 0.3) is 0 Å². The molecular formula is C3H4ClNO3. The average Bonchev–Trinajstić information content (AvgIpc) is 1.61. The zero-order chi connectivity index (χ0) is 6.57. The maximum Gasteiger partial charge on any atom is 0.404 e. The van der Waals surface area contributed by atoms with Gasteiger partial charge in [0.15, 0.2) is 6.61 Å². The number of hydrogen-bond acceptors (Lipinski definition) is 3. The Bertz CT molecular complexity index is 99.1. The largest absolute Gasteiger partial charge is 0.440 e. The standard InChI is InChI=1S/C3H4ClNO3/c4-2(6)1-8-3(5)7/h1H2,(H2,5,7). The number of carbonyl (C=O) groups is 2. The molecule has 0 fully saturated rings. The first-order chi connectivity index (χ1) is 3.63. The van der Waals surface area contributed by atoms with Gasteiger partial charge in [-0.25, -0.2) is 4.79 Å². The minimum absolute atomic E-state index is 0.461. The predicted molar refractivity (Wildman–Crippen MR) is 26.4 cm³/mol. The Balaban J connectivity index is 3.18. The Morgan fingerprint density at radius 2 is 2.12 bits per heavy atom. The van der Waals surface area contributed by atoms with Crippen molar-refractivity contribution in [2.24, 2.45) is 5.73 Å². The van der Waals surface area contributed by atoms with Gasteiger partial charge in [0.1, 0.15) is 0 Å². The van der Waals surface area contributed by atoms with E-state index in [-0.39, 0.29) is 0 Å². The van der Waals surface area contributed by atoms with Gasteiger partial charge in [-0.2, -0.15) is 0 Å². The third-order valence-corrected chi connectivity index (χ3v) is 0.437. The van der Waals surface area contributed by atoms with Crippen molar-refractivity contribution in [2.45, 2.75) is 0 Å². The molecular weight excluding hydrogens is 133 g/mol. The lowest BCUT2D eigenvalue weighted by Crippen LogP contribution is -2.16. The molecule has 1 amide bonds. The summed E-state index contributed by atoms with van der Waals surface area (Å²) in [5.74, 6) is 0. The number of primary amides is 1. The van der Waals surface area contributed by atoms with Crippen LogP contribution in [0.3, 0.4) is 0 Å². The summed E-state index contributed by atoms with van der Waals surface area (Å²) in [6, 6.07) is 0. The van der Waals surface area contributed by atoms with Crippen LogP contribution in [0, 0.1) is 0 Å². The number of ether oxygens (including phenoxy) is 1. The van der Waals surface area contributed by atoms with Crippen LogP contribution in [-0.2, 0) is 9.53 Å². The molecule has 0 saturated heterocycles. The summed E-state index contributed by atoms with van der Waals surface area (Å²) in [6.07, 6.45) is -1.00. The lowest BCUT2D eigenvalue weighted by atomic mass is 10.8. The second-order valence-electron chi connectivity index (χ2n) is 0.963. The average molecular weight is 138 g/mol. The third-order valence-electron chi connectivity index (χ3n) is 0.328. The molecule has 0 aromatic heterocycles. The van der Waals surface area contributed by atoms with Crippen molar-refractivity contribution in [1.82, 2.24) is 0 Å². The quantitative estimate of drug-likeness (QED) is 0.538. The van der Waals surface area contributed by atoms with E-state index < -0.39 is 17.9 Å². The molecule has 0 unspecified atom stereocenters. The second-order valence-corrected chi connectivity index (χ2v) is 1.38. The summed E-state index contributed by atoms with van der Waals surface area (Å²) in [5.41, 5.74) is 4.47. The molecule has 0 aromatic rings. The van der Waals surface area contributed by atoms with Crippen LogP contribution < -0.4 is 5.73 Å². The molecule has 0 aliphatic heterocycles. The fraction of sp³-hybridized carbons (Fsp3) is 0.333. The maximum atomic E-state index is 9.78. The summed E-state index contributed by atoms with van der Waals surface area (Å²) in [5, 5.41) is -0.746. The third kappa shape index (κ3) is 5.23. The van der Waals surface area contributed by atoms with E-state index in [2.05, 4.69) is 10.5 Å². The molecule has 0 heterocycles. The SMILES string of the molecule is NC(=O)OCC(=O)Cl. The van der Waals surface area contributed by atoms with Crippen LogP contribution in [-0.4, -0.2) is 17.9 Å². The maximum absolute atomic E-state index is 9.78. The van der Waals surface area contributed by atoms with E-state index in [0.717, 1.165) is 0 Å². The van der Waals surface area contributed by atoms with Gasteiger partial charge in [0, 0.05) is 0 Å². The Labute approximate surface area is 50.5 Å². The number of carbonyl (C=O) groups excluding carboxylic acids is 2. The van der Waals surface area contributed by atoms with Crippen molar-refractivity contribution in [1.29, 1.82) is 0 Å². The van der Waals surface area contributed by atoms with Crippen LogP contribution in [0.15, 0.2) is 0 Å². The van der Waals surface area contributed by atoms with E-state index in [0.29, 0.717) is 0 Å². The monoisotopic (exact) mass is 137 g/mol. The predicted octanol–water partition coefficient (Wildman–Crippen LogP) is -0.153. The highest BCUT2D eigenvalue weighted by atomic mass is 35.5. The summed E-state index contributed by atoms with van der Waals surface area (Å²) >= 11 is 4.75. The molecule has 0 spiro atoms. The van der Waals surface area contributed by atoms with E-state index >= 15 is 0 Å². The van der Waals surface area contributed by atoms with Crippen LogP contribution in [0.5, 0.6) is 0 Å². The fourth-order valence-electron chi connectivity index (χ4n) is 0.128. The van der Waals surface area contributed by atoms with E-state index in [1.807, 2.05) is 0 Å². The van der Waals surface area contributed by atoms with Crippen molar-refractivity contribution in [2.75, 3.05) is 6.61 Å². The van der Waals surface area contributed by atoms with E-state index in [1.165, 1.54) is 0 Å². The van der Waals surface area contributed by atoms with Gasteiger partial charge in [-0.15, -0.1) is 0 Å². The number of nitrogens with two attached hydrogens (primary N) is 1. The zero-order valence-corrected chi connectivity index (χ0v) is 4.64. The number of halogens is 1. The normalized spacial score (nSPS) is 8.12. The van der Waals surface area contributed by atoms with E-state index in [4.69, 9.17) is 11.6 Å². The topological polar surface area (TPSA) is 69.4 Å². The first kappa shape index (κ1) is 7.23. The number of amides is 1. The molecule has 2 N–H and O–H groups in total. The first-order valence-corrected chi connectivity index (χ1v) is 2.11. The van der Waals surface area contributed by atoms with Crippen LogP contribution >= 0.6 is 11.6 Å². The van der Waals surface area contributed by atoms with Gasteiger partial charge in [-0.05, 0) is 11.6 Å². The molecule has 0 saturated carbocycles. The Morgan fingerprint density at radius 1 is 1.62 bits per heavy atom. The number of rotatable bonds is 2. The van der Waals surface area contributed by atoms with Gasteiger partial charge in [0.05, 0.1) is 0 Å². The second kappa shape index (κ2) is 3.26. The van der Waals surface area contributed by atoms with Gasteiger partial charge in [0.2, 0.25) is 0 Å². The van der Waals surface area contributed by atoms with Gasteiger partial charge in [0.25, 0.3) is 5.24 Å². The minimum Gasteiger partial charge on any atom is -0.440 e. The van der Waals surface area contributed by atoms with Gasteiger partial charge < -0.3 is 10.5 Å². The smallest absolute Gasteiger partial charge is 0.404 e. The molecule has 0 rings (SSSR count). The molecule has 0 aliphatic carbocycles. The van der Waals surface area contributed by atoms with Gasteiger partial charge in [-0.3, -0.25) is 4.79 Å². The van der Waals surface area contributed by atoms with Crippen molar-refractivity contribution >= 4 is 22.9 Å². The zero-order valence-electron chi connectivity index (χ0n) is 3.89. The van der Waals surface area contributed by atoms with Gasteiger partial charge in [-0.1, -0.05) is 0 Å². The molecule has 0 aromatic carbocycles. The molecule has 0 radical (unpaired) electrons. The molecule has 0 atom stereocenters. The van der Waals surface area contributed by atoms with Crippen LogP contribution in [0.1, 0.15) is 0 Å². The van der Waals surface area contributed by atoms with Crippen molar-refractivity contribution < 1.29 is 14.3 Å². The van der Waals surface area contributed by atoms with Crippen molar-refractivity contribution in [3.63, 3.8) is 0 Å². The van der Waals surface area contributed by atoms with Crippen LogP contribution in [0.2, 0.25) is 0 Å². The van der Waals surface area contributed by atoms with Crippen molar-refractivity contribution in [3.8, 4) is 0 Å². The highest BCUT2D eigenvalue weighted by Gasteiger charge is 1.97. The lowest BCUT2D eigenvalue weighted by Gasteiger charge is -1.91. The minimum atomic E-state index is -1.00. The summed E-state index contributed by atoms with van der Waals surface area (Å²) in [7, 11) is 0. The summed E-state index contributed by atoms with van der Waals surface area (Å²) < 4.78 is 3.96. The van der Waals surface area contributed by atoms with Gasteiger partial charge >= 0.3 is 6.09 Å². The number of hydrogen-bond donors (Lipinski definition) is 1.